The van der Waals surface area contributed by atoms with Gasteiger partial charge in [-0.1, -0.05) is 17.3 Å². The van der Waals surface area contributed by atoms with Gasteiger partial charge in [-0.25, -0.2) is 0 Å². The average molecular weight is 314 g/mol. The Hall–Kier alpha value is -2.37. The SMILES string of the molecule is Cc1noc(C(C)NC(=O)c2ccccc2N2CCCCC2)n1. The van der Waals surface area contributed by atoms with Crippen LogP contribution in [-0.4, -0.2) is 29.1 Å². The van der Waals surface area contributed by atoms with Crippen LogP contribution in [0.25, 0.3) is 0 Å². The van der Waals surface area contributed by atoms with Crippen molar-refractivity contribution in [1.82, 2.24) is 15.5 Å². The lowest BCUT2D eigenvalue weighted by molar-refractivity contribution is 0.0933. The van der Waals surface area contributed by atoms with Crippen LogP contribution in [-0.2, 0) is 0 Å². The van der Waals surface area contributed by atoms with Gasteiger partial charge in [-0.15, -0.1) is 0 Å². The quantitative estimate of drug-likeness (QED) is 0.939. The molecular formula is C17H22N4O2. The van der Waals surface area contributed by atoms with Crippen LogP contribution in [0.4, 0.5) is 5.69 Å². The third-order valence-corrected chi connectivity index (χ3v) is 4.11. The third-order valence-electron chi connectivity index (χ3n) is 4.11. The summed E-state index contributed by atoms with van der Waals surface area (Å²) in [6.45, 7) is 5.60. The highest BCUT2D eigenvalue weighted by Crippen LogP contribution is 2.24. The Morgan fingerprint density at radius 1 is 1.26 bits per heavy atom. The maximum absolute atomic E-state index is 12.7. The summed E-state index contributed by atoms with van der Waals surface area (Å²) in [4.78, 5) is 19.1. The number of hydrogen-bond acceptors (Lipinski definition) is 5. The first-order valence-corrected chi connectivity index (χ1v) is 8.10. The molecule has 3 rings (SSSR count). The molecule has 2 aromatic rings. The number of anilines is 1. The number of aryl methyl sites for hydroxylation is 1. The van der Waals surface area contributed by atoms with Crippen molar-refractivity contribution in [2.24, 2.45) is 0 Å². The molecule has 1 aromatic carbocycles. The predicted octanol–water partition coefficient (Wildman–Crippen LogP) is 2.86. The van der Waals surface area contributed by atoms with Gasteiger partial charge in [0.2, 0.25) is 5.89 Å². The number of hydrogen-bond donors (Lipinski definition) is 1. The van der Waals surface area contributed by atoms with E-state index in [2.05, 4.69) is 20.4 Å². The zero-order valence-corrected chi connectivity index (χ0v) is 13.6. The topological polar surface area (TPSA) is 71.3 Å². The number of amides is 1. The van der Waals surface area contributed by atoms with Crippen LogP contribution in [0, 0.1) is 6.92 Å². The van der Waals surface area contributed by atoms with Crippen molar-refractivity contribution in [1.29, 1.82) is 0 Å². The Labute approximate surface area is 135 Å². The molecule has 2 heterocycles. The highest BCUT2D eigenvalue weighted by Gasteiger charge is 2.21. The molecule has 0 spiro atoms. The van der Waals surface area contributed by atoms with Crippen LogP contribution in [0.15, 0.2) is 28.8 Å². The Balaban J connectivity index is 1.76. The van der Waals surface area contributed by atoms with E-state index >= 15 is 0 Å². The molecule has 0 aliphatic carbocycles. The van der Waals surface area contributed by atoms with E-state index in [9.17, 15) is 4.79 Å². The smallest absolute Gasteiger partial charge is 0.254 e. The van der Waals surface area contributed by atoms with E-state index < -0.39 is 0 Å². The Morgan fingerprint density at radius 3 is 2.70 bits per heavy atom. The number of rotatable bonds is 4. The van der Waals surface area contributed by atoms with Crippen LogP contribution in [0.5, 0.6) is 0 Å². The molecule has 0 bridgehead atoms. The van der Waals surface area contributed by atoms with Crippen molar-refractivity contribution < 1.29 is 9.32 Å². The fourth-order valence-corrected chi connectivity index (χ4v) is 2.90. The summed E-state index contributed by atoms with van der Waals surface area (Å²) in [5, 5.41) is 6.71. The molecule has 0 radical (unpaired) electrons. The molecule has 6 heteroatoms. The van der Waals surface area contributed by atoms with Gasteiger partial charge in [0, 0.05) is 18.8 Å². The van der Waals surface area contributed by atoms with Crippen LogP contribution in [0.2, 0.25) is 0 Å². The third kappa shape index (κ3) is 3.52. The van der Waals surface area contributed by atoms with Crippen molar-refractivity contribution in [2.75, 3.05) is 18.0 Å². The first kappa shape index (κ1) is 15.5. The lowest BCUT2D eigenvalue weighted by Gasteiger charge is -2.30. The van der Waals surface area contributed by atoms with E-state index in [0.717, 1.165) is 18.8 Å². The second-order valence-electron chi connectivity index (χ2n) is 5.94. The van der Waals surface area contributed by atoms with Crippen LogP contribution >= 0.6 is 0 Å². The molecule has 122 valence electrons. The summed E-state index contributed by atoms with van der Waals surface area (Å²) in [6.07, 6.45) is 3.61. The number of para-hydroxylation sites is 1. The lowest BCUT2D eigenvalue weighted by atomic mass is 10.1. The molecule has 1 aliphatic rings. The molecule has 1 fully saturated rings. The van der Waals surface area contributed by atoms with Crippen molar-refractivity contribution in [2.45, 2.75) is 39.2 Å². The fraction of sp³-hybridized carbons (Fsp3) is 0.471. The minimum Gasteiger partial charge on any atom is -0.371 e. The Bertz CT molecular complexity index is 677. The van der Waals surface area contributed by atoms with Crippen molar-refractivity contribution in [3.05, 3.63) is 41.5 Å². The number of carbonyl (C=O) groups excluding carboxylic acids is 1. The van der Waals surface area contributed by atoms with Gasteiger partial charge >= 0.3 is 0 Å². The molecule has 1 aromatic heterocycles. The first-order valence-electron chi connectivity index (χ1n) is 8.10. The highest BCUT2D eigenvalue weighted by atomic mass is 16.5. The zero-order chi connectivity index (χ0) is 16.2. The maximum Gasteiger partial charge on any atom is 0.254 e. The highest BCUT2D eigenvalue weighted by molar-refractivity contribution is 6.00. The van der Waals surface area contributed by atoms with Gasteiger partial charge in [-0.05, 0) is 45.2 Å². The largest absolute Gasteiger partial charge is 0.371 e. The van der Waals surface area contributed by atoms with E-state index in [1.807, 2.05) is 31.2 Å². The van der Waals surface area contributed by atoms with Crippen LogP contribution in [0.3, 0.4) is 0 Å². The minimum absolute atomic E-state index is 0.116. The number of benzene rings is 1. The predicted molar refractivity (Wildman–Crippen MR) is 87.4 cm³/mol. The molecule has 23 heavy (non-hydrogen) atoms. The van der Waals surface area contributed by atoms with Gasteiger partial charge in [-0.3, -0.25) is 4.79 Å². The molecule has 1 N–H and O–H groups in total. The van der Waals surface area contributed by atoms with Crippen molar-refractivity contribution in [3.8, 4) is 0 Å². The molecule has 1 amide bonds. The lowest BCUT2D eigenvalue weighted by Crippen LogP contribution is -2.33. The summed E-state index contributed by atoms with van der Waals surface area (Å²) < 4.78 is 5.12. The molecule has 0 saturated carbocycles. The Morgan fingerprint density at radius 2 is 2.00 bits per heavy atom. The summed E-state index contributed by atoms with van der Waals surface area (Å²) in [5.74, 6) is 0.871. The standard InChI is InChI=1S/C17H22N4O2/c1-12(17-19-13(2)20-23-17)18-16(22)14-8-4-5-9-15(14)21-10-6-3-7-11-21/h4-5,8-9,12H,3,6-7,10-11H2,1-2H3,(H,18,22). The molecule has 1 saturated heterocycles. The normalized spacial score (nSPS) is 16.2. The van der Waals surface area contributed by atoms with Gasteiger partial charge < -0.3 is 14.7 Å². The zero-order valence-electron chi connectivity index (χ0n) is 13.6. The number of piperidine rings is 1. The van der Waals surface area contributed by atoms with Gasteiger partial charge in [0.1, 0.15) is 6.04 Å². The number of carbonyl (C=O) groups is 1. The average Bonchev–Trinajstić information content (AvgIpc) is 3.02. The maximum atomic E-state index is 12.7. The van der Waals surface area contributed by atoms with Crippen molar-refractivity contribution in [3.63, 3.8) is 0 Å². The number of nitrogens with zero attached hydrogens (tertiary/aromatic N) is 3. The monoisotopic (exact) mass is 314 g/mol. The van der Waals surface area contributed by atoms with E-state index in [1.54, 1.807) is 6.92 Å². The van der Waals surface area contributed by atoms with E-state index in [0.29, 0.717) is 17.3 Å². The van der Waals surface area contributed by atoms with Gasteiger partial charge in [0.05, 0.1) is 5.56 Å². The van der Waals surface area contributed by atoms with E-state index in [-0.39, 0.29) is 11.9 Å². The fourth-order valence-electron chi connectivity index (χ4n) is 2.90. The second-order valence-corrected chi connectivity index (χ2v) is 5.94. The minimum atomic E-state index is -0.321. The van der Waals surface area contributed by atoms with Gasteiger partial charge in [0.25, 0.3) is 5.91 Å². The van der Waals surface area contributed by atoms with Crippen LogP contribution in [0.1, 0.15) is 54.3 Å². The van der Waals surface area contributed by atoms with Crippen LogP contribution < -0.4 is 10.2 Å². The van der Waals surface area contributed by atoms with Crippen molar-refractivity contribution >= 4 is 11.6 Å². The summed E-state index contributed by atoms with van der Waals surface area (Å²) in [5.41, 5.74) is 1.69. The van der Waals surface area contributed by atoms with Gasteiger partial charge in [0.15, 0.2) is 5.82 Å². The van der Waals surface area contributed by atoms with E-state index in [4.69, 9.17) is 4.52 Å². The summed E-state index contributed by atoms with van der Waals surface area (Å²) >= 11 is 0. The molecule has 6 nitrogen and oxygen atoms in total. The second kappa shape index (κ2) is 6.81. The molecule has 1 aliphatic heterocycles. The number of aromatic nitrogens is 2. The van der Waals surface area contributed by atoms with E-state index in [1.165, 1.54) is 19.3 Å². The summed E-state index contributed by atoms with van der Waals surface area (Å²) in [6, 6.07) is 7.43. The molecule has 1 unspecified atom stereocenters. The molecule has 1 atom stereocenters. The summed E-state index contributed by atoms with van der Waals surface area (Å²) in [7, 11) is 0. The number of nitrogens with one attached hydrogen (secondary N) is 1. The van der Waals surface area contributed by atoms with Gasteiger partial charge in [-0.2, -0.15) is 4.98 Å². The first-order chi connectivity index (χ1) is 11.1. The molecular weight excluding hydrogens is 292 g/mol. The Kier molecular flexibility index (Phi) is 4.60.